The predicted octanol–water partition coefficient (Wildman–Crippen LogP) is 1.08. The summed E-state index contributed by atoms with van der Waals surface area (Å²) in [5, 5.41) is 14.3. The van der Waals surface area contributed by atoms with Gasteiger partial charge in [0, 0.05) is 18.0 Å². The molecule has 2 aliphatic rings. The van der Waals surface area contributed by atoms with Crippen molar-refractivity contribution in [2.75, 3.05) is 12.4 Å². The number of pyridine rings is 1. The molecule has 1 aromatic heterocycles. The van der Waals surface area contributed by atoms with Crippen LogP contribution in [-0.2, 0) is 19.2 Å². The monoisotopic (exact) mass is 482 g/mol. The first kappa shape index (κ1) is 23.3. The number of carbonyl (C=O) groups is 4. The molecule has 0 bridgehead atoms. The Morgan fingerprint density at radius 1 is 1.21 bits per heavy atom. The van der Waals surface area contributed by atoms with E-state index in [9.17, 15) is 24.3 Å². The SMILES string of the molecule is CC1=C(C(=O)O)N2C(=O)C(NC(=O)[C@H](NC(=O)COc3ccccn3)c3ccccc3)[C@H]2SC1. The molecule has 11 heteroatoms. The number of thioether (sulfide) groups is 1. The second kappa shape index (κ2) is 9.96. The van der Waals surface area contributed by atoms with Crippen LogP contribution in [0.15, 0.2) is 66.0 Å². The summed E-state index contributed by atoms with van der Waals surface area (Å²) in [5.41, 5.74) is 1.07. The number of rotatable bonds is 8. The molecule has 0 saturated carbocycles. The van der Waals surface area contributed by atoms with E-state index < -0.39 is 41.1 Å². The Kier molecular flexibility index (Phi) is 6.82. The van der Waals surface area contributed by atoms with E-state index in [4.69, 9.17) is 4.74 Å². The molecule has 1 aromatic carbocycles. The largest absolute Gasteiger partial charge is 0.477 e. The number of carbonyl (C=O) groups excluding carboxylic acids is 3. The first-order valence-corrected chi connectivity index (χ1v) is 11.5. The Labute approximate surface area is 199 Å². The number of hydrogen-bond acceptors (Lipinski definition) is 7. The maximum Gasteiger partial charge on any atom is 0.352 e. The molecule has 0 spiro atoms. The van der Waals surface area contributed by atoms with Crippen molar-refractivity contribution in [3.63, 3.8) is 0 Å². The lowest BCUT2D eigenvalue weighted by Gasteiger charge is -2.49. The normalized spacial score (nSPS) is 20.0. The van der Waals surface area contributed by atoms with Crippen LogP contribution in [0.5, 0.6) is 5.88 Å². The van der Waals surface area contributed by atoms with Crippen LogP contribution in [-0.4, -0.2) is 62.5 Å². The molecule has 1 fully saturated rings. The highest BCUT2D eigenvalue weighted by Gasteiger charge is 2.54. The minimum Gasteiger partial charge on any atom is -0.477 e. The Balaban J connectivity index is 1.45. The average molecular weight is 483 g/mol. The summed E-state index contributed by atoms with van der Waals surface area (Å²) < 4.78 is 5.35. The van der Waals surface area contributed by atoms with Crippen molar-refractivity contribution in [1.29, 1.82) is 0 Å². The van der Waals surface area contributed by atoms with Crippen LogP contribution in [0.1, 0.15) is 18.5 Å². The van der Waals surface area contributed by atoms with Crippen molar-refractivity contribution in [2.24, 2.45) is 0 Å². The van der Waals surface area contributed by atoms with Crippen molar-refractivity contribution in [3.8, 4) is 5.88 Å². The minimum absolute atomic E-state index is 0.0427. The highest BCUT2D eigenvalue weighted by Crippen LogP contribution is 2.40. The molecule has 3 N–H and O–H groups in total. The number of nitrogens with one attached hydrogen (secondary N) is 2. The zero-order chi connectivity index (χ0) is 24.2. The highest BCUT2D eigenvalue weighted by atomic mass is 32.2. The lowest BCUT2D eigenvalue weighted by atomic mass is 10.0. The first-order valence-electron chi connectivity index (χ1n) is 10.4. The van der Waals surface area contributed by atoms with E-state index >= 15 is 0 Å². The smallest absolute Gasteiger partial charge is 0.352 e. The van der Waals surface area contributed by atoms with Crippen molar-refractivity contribution < 1.29 is 29.0 Å². The Morgan fingerprint density at radius 2 is 1.94 bits per heavy atom. The minimum atomic E-state index is -1.18. The number of hydrogen-bond donors (Lipinski definition) is 3. The number of aliphatic carboxylic acids is 1. The van der Waals surface area contributed by atoms with E-state index in [0.717, 1.165) is 0 Å². The summed E-state index contributed by atoms with van der Waals surface area (Å²) in [5.74, 6) is -2.10. The summed E-state index contributed by atoms with van der Waals surface area (Å²) in [6, 6.07) is 11.7. The standard InChI is InChI=1S/C23H22N4O6S/c1-13-12-34-22-18(21(30)27(22)19(13)23(31)32)26-20(29)17(14-7-3-2-4-8-14)25-15(28)11-33-16-9-5-6-10-24-16/h2-10,17-18,22H,11-12H2,1H3,(H,25,28)(H,26,29)(H,31,32)/t17-,18?,22-/m1/s1. The average Bonchev–Trinajstić information content (AvgIpc) is 2.85. The molecule has 1 saturated heterocycles. The summed E-state index contributed by atoms with van der Waals surface area (Å²) >= 11 is 1.38. The molecule has 3 heterocycles. The van der Waals surface area contributed by atoms with Gasteiger partial charge in [-0.1, -0.05) is 36.4 Å². The van der Waals surface area contributed by atoms with Gasteiger partial charge in [0.15, 0.2) is 6.61 Å². The topological polar surface area (TPSA) is 138 Å². The third-order valence-corrected chi connectivity index (χ3v) is 6.77. The summed E-state index contributed by atoms with van der Waals surface area (Å²) in [6.45, 7) is 1.31. The van der Waals surface area contributed by atoms with Gasteiger partial charge in [-0.3, -0.25) is 19.3 Å². The molecule has 4 rings (SSSR count). The van der Waals surface area contributed by atoms with Gasteiger partial charge in [-0.2, -0.15) is 0 Å². The molecular weight excluding hydrogens is 460 g/mol. The fraction of sp³-hybridized carbons (Fsp3) is 0.261. The number of carboxylic acids is 1. The van der Waals surface area contributed by atoms with Crippen LogP contribution < -0.4 is 15.4 Å². The zero-order valence-electron chi connectivity index (χ0n) is 18.1. The quantitative estimate of drug-likeness (QED) is 0.475. The molecule has 176 valence electrons. The van der Waals surface area contributed by atoms with Crippen LogP contribution in [0.4, 0.5) is 0 Å². The van der Waals surface area contributed by atoms with Gasteiger partial charge in [0.25, 0.3) is 11.8 Å². The van der Waals surface area contributed by atoms with Gasteiger partial charge in [-0.15, -0.1) is 11.8 Å². The Bertz CT molecular complexity index is 1140. The number of amides is 3. The molecule has 2 aliphatic heterocycles. The number of benzene rings is 1. The number of ether oxygens (including phenoxy) is 1. The summed E-state index contributed by atoms with van der Waals surface area (Å²) in [4.78, 5) is 55.2. The highest BCUT2D eigenvalue weighted by molar-refractivity contribution is 8.00. The molecule has 2 aromatic rings. The number of carboxylic acid groups (broad SMARTS) is 1. The number of aromatic nitrogens is 1. The van der Waals surface area contributed by atoms with Crippen LogP contribution >= 0.6 is 11.8 Å². The van der Waals surface area contributed by atoms with E-state index in [1.54, 1.807) is 55.5 Å². The second-order valence-corrected chi connectivity index (χ2v) is 8.80. The summed E-state index contributed by atoms with van der Waals surface area (Å²) in [6.07, 6.45) is 1.53. The van der Waals surface area contributed by atoms with Gasteiger partial charge >= 0.3 is 5.97 Å². The first-order chi connectivity index (χ1) is 16.4. The molecule has 3 atom stereocenters. The zero-order valence-corrected chi connectivity index (χ0v) is 19.0. The van der Waals surface area contributed by atoms with Crippen LogP contribution in [0.3, 0.4) is 0 Å². The van der Waals surface area contributed by atoms with Crippen molar-refractivity contribution >= 4 is 35.5 Å². The maximum absolute atomic E-state index is 13.2. The van der Waals surface area contributed by atoms with Crippen LogP contribution in [0.2, 0.25) is 0 Å². The molecular formula is C23H22N4O6S. The third-order valence-electron chi connectivity index (χ3n) is 5.35. The molecule has 34 heavy (non-hydrogen) atoms. The van der Waals surface area contributed by atoms with Gasteiger partial charge in [0.1, 0.15) is 23.2 Å². The molecule has 3 amide bonds. The fourth-order valence-corrected chi connectivity index (χ4v) is 5.03. The number of fused-ring (bicyclic) bond motifs is 1. The van der Waals surface area contributed by atoms with Crippen molar-refractivity contribution in [3.05, 3.63) is 71.6 Å². The van der Waals surface area contributed by atoms with Gasteiger partial charge in [-0.25, -0.2) is 9.78 Å². The van der Waals surface area contributed by atoms with E-state index in [1.165, 1.54) is 22.9 Å². The fourth-order valence-electron chi connectivity index (χ4n) is 3.73. The number of nitrogens with zero attached hydrogens (tertiary/aromatic N) is 2. The van der Waals surface area contributed by atoms with E-state index in [1.807, 2.05) is 0 Å². The van der Waals surface area contributed by atoms with E-state index in [0.29, 0.717) is 16.9 Å². The van der Waals surface area contributed by atoms with Gasteiger partial charge < -0.3 is 20.5 Å². The molecule has 0 radical (unpaired) electrons. The molecule has 10 nitrogen and oxygen atoms in total. The Morgan fingerprint density at radius 3 is 2.62 bits per heavy atom. The lowest BCUT2D eigenvalue weighted by Crippen LogP contribution is -2.71. The van der Waals surface area contributed by atoms with Crippen molar-refractivity contribution in [1.82, 2.24) is 20.5 Å². The predicted molar refractivity (Wildman–Crippen MR) is 122 cm³/mol. The maximum atomic E-state index is 13.2. The third kappa shape index (κ3) is 4.74. The van der Waals surface area contributed by atoms with Gasteiger partial charge in [0.05, 0.1) is 0 Å². The van der Waals surface area contributed by atoms with Crippen LogP contribution in [0.25, 0.3) is 0 Å². The lowest BCUT2D eigenvalue weighted by molar-refractivity contribution is -0.151. The van der Waals surface area contributed by atoms with Crippen LogP contribution in [0, 0.1) is 0 Å². The Hall–Kier alpha value is -3.86. The summed E-state index contributed by atoms with van der Waals surface area (Å²) in [7, 11) is 0. The van der Waals surface area contributed by atoms with E-state index in [2.05, 4.69) is 15.6 Å². The van der Waals surface area contributed by atoms with Gasteiger partial charge in [-0.05, 0) is 24.1 Å². The van der Waals surface area contributed by atoms with E-state index in [-0.39, 0.29) is 18.2 Å². The molecule has 1 unspecified atom stereocenters. The van der Waals surface area contributed by atoms with Gasteiger partial charge in [0.2, 0.25) is 11.8 Å². The second-order valence-electron chi connectivity index (χ2n) is 7.70. The van der Waals surface area contributed by atoms with Crippen molar-refractivity contribution in [2.45, 2.75) is 24.4 Å². The molecule has 0 aliphatic carbocycles. The number of β-lactam (4-membered cyclic amide) rings is 1.